The predicted octanol–water partition coefficient (Wildman–Crippen LogP) is 4.26. The van der Waals surface area contributed by atoms with Crippen LogP contribution in [-0.4, -0.2) is 29.6 Å². The molecule has 4 aromatic rings. The number of nitrogens with zero attached hydrogens (tertiary/aromatic N) is 1. The Labute approximate surface area is 196 Å². The lowest BCUT2D eigenvalue weighted by atomic mass is 9.91. The molecule has 2 N–H and O–H groups in total. The zero-order chi connectivity index (χ0) is 23.9. The van der Waals surface area contributed by atoms with E-state index < -0.39 is 23.0 Å². The van der Waals surface area contributed by atoms with Gasteiger partial charge in [-0.2, -0.15) is 0 Å². The normalized spacial score (nSPS) is 17.8. The minimum absolute atomic E-state index is 0.0103. The molecule has 0 spiro atoms. The highest BCUT2D eigenvalue weighted by atomic mass is 16.5. The second kappa shape index (κ2) is 8.19. The lowest BCUT2D eigenvalue weighted by molar-refractivity contribution is -0.121. The Hall–Kier alpha value is -4.39. The Bertz CT molecular complexity index is 1480. The summed E-state index contributed by atoms with van der Waals surface area (Å²) in [4.78, 5) is 44.1. The maximum Gasteiger partial charge on any atom is 0.329 e. The number of fused-ring (bicyclic) bond motifs is 1. The number of para-hydroxylation sites is 2. The van der Waals surface area contributed by atoms with Gasteiger partial charge in [0.05, 0.1) is 7.11 Å². The van der Waals surface area contributed by atoms with Crippen molar-refractivity contribution in [2.24, 2.45) is 0 Å². The van der Waals surface area contributed by atoms with Gasteiger partial charge in [0.25, 0.3) is 11.5 Å². The molecule has 5 rings (SSSR count). The highest BCUT2D eigenvalue weighted by molar-refractivity contribution is 6.25. The van der Waals surface area contributed by atoms with E-state index in [1.807, 2.05) is 66.7 Å². The standard InChI is InChI=1S/C27H23N3O4/c1-27(16-18-12-6-9-15-21(18)34-2)25(32)30(26(33)29-27)23-22(17-10-4-3-5-11-17)19-13-7-8-14-20(19)28-24(23)31/h3-15H,16H2,1-2H3,(H,28,31)(H,29,33)/t27-/m0/s1. The van der Waals surface area contributed by atoms with E-state index >= 15 is 0 Å². The molecule has 3 amide bonds. The Kier molecular flexibility index (Phi) is 5.17. The third kappa shape index (κ3) is 3.42. The van der Waals surface area contributed by atoms with Gasteiger partial charge in [0.2, 0.25) is 0 Å². The molecule has 0 bridgehead atoms. The summed E-state index contributed by atoms with van der Waals surface area (Å²) >= 11 is 0. The average molecular weight is 453 g/mol. The van der Waals surface area contributed by atoms with Crippen LogP contribution < -0.4 is 20.5 Å². The van der Waals surface area contributed by atoms with Crippen molar-refractivity contribution in [1.29, 1.82) is 0 Å². The molecule has 1 saturated heterocycles. The Morgan fingerprint density at radius 2 is 1.56 bits per heavy atom. The summed E-state index contributed by atoms with van der Waals surface area (Å²) < 4.78 is 5.43. The molecule has 1 aliphatic heterocycles. The number of aromatic amines is 1. The molecule has 7 heteroatoms. The first-order chi connectivity index (χ1) is 16.4. The minimum Gasteiger partial charge on any atom is -0.496 e. The number of hydrogen-bond acceptors (Lipinski definition) is 4. The number of methoxy groups -OCH3 is 1. The van der Waals surface area contributed by atoms with Crippen molar-refractivity contribution < 1.29 is 14.3 Å². The van der Waals surface area contributed by atoms with Crippen LogP contribution in [0.15, 0.2) is 83.7 Å². The lowest BCUT2D eigenvalue weighted by Gasteiger charge is -2.23. The topological polar surface area (TPSA) is 91.5 Å². The number of carbonyl (C=O) groups is 2. The molecule has 3 aromatic carbocycles. The number of pyridine rings is 1. The van der Waals surface area contributed by atoms with Crippen molar-refractivity contribution >= 4 is 28.5 Å². The van der Waals surface area contributed by atoms with E-state index in [9.17, 15) is 14.4 Å². The van der Waals surface area contributed by atoms with Gasteiger partial charge in [0.15, 0.2) is 0 Å². The van der Waals surface area contributed by atoms with E-state index in [1.165, 1.54) is 0 Å². The van der Waals surface area contributed by atoms with E-state index in [-0.39, 0.29) is 12.1 Å². The van der Waals surface area contributed by atoms with E-state index in [2.05, 4.69) is 10.3 Å². The van der Waals surface area contributed by atoms with Crippen LogP contribution in [0, 0.1) is 0 Å². The summed E-state index contributed by atoms with van der Waals surface area (Å²) in [6.45, 7) is 1.66. The number of urea groups is 1. The first kappa shape index (κ1) is 21.5. The maximum atomic E-state index is 13.8. The van der Waals surface area contributed by atoms with Gasteiger partial charge in [-0.25, -0.2) is 9.69 Å². The van der Waals surface area contributed by atoms with Crippen LogP contribution in [0.5, 0.6) is 5.75 Å². The van der Waals surface area contributed by atoms with Crippen molar-refractivity contribution in [3.05, 3.63) is 94.8 Å². The van der Waals surface area contributed by atoms with Gasteiger partial charge < -0.3 is 15.0 Å². The molecule has 0 aliphatic carbocycles. The number of imide groups is 1. The SMILES string of the molecule is COc1ccccc1C[C@]1(C)NC(=O)N(c2c(-c3ccccc3)c3ccccc3[nH]c2=O)C1=O. The van der Waals surface area contributed by atoms with Crippen molar-refractivity contribution in [2.75, 3.05) is 12.0 Å². The fourth-order valence-corrected chi connectivity index (χ4v) is 4.58. The summed E-state index contributed by atoms with van der Waals surface area (Å²) in [5, 5.41) is 3.55. The number of benzene rings is 3. The third-order valence-electron chi connectivity index (χ3n) is 6.18. The second-order valence-electron chi connectivity index (χ2n) is 8.48. The van der Waals surface area contributed by atoms with Gasteiger partial charge in [-0.15, -0.1) is 0 Å². The molecule has 34 heavy (non-hydrogen) atoms. The van der Waals surface area contributed by atoms with Crippen LogP contribution in [0.25, 0.3) is 22.0 Å². The number of nitrogens with one attached hydrogen (secondary N) is 2. The molecule has 0 radical (unpaired) electrons. The fourth-order valence-electron chi connectivity index (χ4n) is 4.58. The lowest BCUT2D eigenvalue weighted by Crippen LogP contribution is -2.46. The molecule has 170 valence electrons. The van der Waals surface area contributed by atoms with E-state index in [1.54, 1.807) is 26.2 Å². The van der Waals surface area contributed by atoms with Gasteiger partial charge >= 0.3 is 6.03 Å². The largest absolute Gasteiger partial charge is 0.496 e. The van der Waals surface area contributed by atoms with Crippen molar-refractivity contribution in [2.45, 2.75) is 18.9 Å². The highest BCUT2D eigenvalue weighted by Crippen LogP contribution is 2.37. The Balaban J connectivity index is 1.67. The van der Waals surface area contributed by atoms with Crippen LogP contribution >= 0.6 is 0 Å². The van der Waals surface area contributed by atoms with E-state index in [0.29, 0.717) is 16.8 Å². The number of aromatic nitrogens is 1. The summed E-state index contributed by atoms with van der Waals surface area (Å²) in [5.41, 5.74) is 0.915. The zero-order valence-electron chi connectivity index (χ0n) is 18.8. The number of H-pyrrole nitrogens is 1. The summed E-state index contributed by atoms with van der Waals surface area (Å²) in [7, 11) is 1.56. The molecule has 7 nitrogen and oxygen atoms in total. The third-order valence-corrected chi connectivity index (χ3v) is 6.18. The molecule has 1 aliphatic rings. The van der Waals surface area contributed by atoms with Crippen molar-refractivity contribution in [3.63, 3.8) is 0 Å². The number of anilines is 1. The Morgan fingerprint density at radius 1 is 0.882 bits per heavy atom. The van der Waals surface area contributed by atoms with E-state index in [0.717, 1.165) is 21.4 Å². The molecular weight excluding hydrogens is 430 g/mol. The van der Waals surface area contributed by atoms with Crippen LogP contribution in [0.4, 0.5) is 10.5 Å². The number of hydrogen-bond donors (Lipinski definition) is 2. The fraction of sp³-hybridized carbons (Fsp3) is 0.148. The van der Waals surface area contributed by atoms with Crippen molar-refractivity contribution in [1.82, 2.24) is 10.3 Å². The first-order valence-electron chi connectivity index (χ1n) is 10.9. The predicted molar refractivity (Wildman–Crippen MR) is 131 cm³/mol. The van der Waals surface area contributed by atoms with E-state index in [4.69, 9.17) is 4.74 Å². The van der Waals surface area contributed by atoms with Crippen LogP contribution in [-0.2, 0) is 11.2 Å². The molecule has 1 fully saturated rings. The molecule has 2 heterocycles. The van der Waals surface area contributed by atoms with Gasteiger partial charge in [-0.1, -0.05) is 66.7 Å². The average Bonchev–Trinajstić information content (AvgIpc) is 3.06. The summed E-state index contributed by atoms with van der Waals surface area (Å²) in [5.74, 6) is 0.124. The maximum absolute atomic E-state index is 13.8. The second-order valence-corrected chi connectivity index (χ2v) is 8.48. The van der Waals surface area contributed by atoms with Gasteiger partial charge in [0, 0.05) is 22.9 Å². The number of amides is 3. The highest BCUT2D eigenvalue weighted by Gasteiger charge is 2.50. The van der Waals surface area contributed by atoms with Crippen LogP contribution in [0.3, 0.4) is 0 Å². The van der Waals surface area contributed by atoms with Gasteiger partial charge in [-0.05, 0) is 30.2 Å². The molecular formula is C27H23N3O4. The summed E-state index contributed by atoms with van der Waals surface area (Å²) in [6, 6.07) is 23.3. The number of carbonyl (C=O) groups excluding carboxylic acids is 2. The van der Waals surface area contributed by atoms with Gasteiger partial charge in [-0.3, -0.25) is 9.59 Å². The first-order valence-corrected chi connectivity index (χ1v) is 10.9. The number of rotatable bonds is 5. The Morgan fingerprint density at radius 3 is 2.32 bits per heavy atom. The van der Waals surface area contributed by atoms with Crippen LogP contribution in [0.2, 0.25) is 0 Å². The summed E-state index contributed by atoms with van der Waals surface area (Å²) in [6.07, 6.45) is 0.213. The monoisotopic (exact) mass is 453 g/mol. The number of ether oxygens (including phenoxy) is 1. The molecule has 0 unspecified atom stereocenters. The zero-order valence-corrected chi connectivity index (χ0v) is 18.8. The molecule has 1 atom stereocenters. The van der Waals surface area contributed by atoms with Crippen molar-refractivity contribution in [3.8, 4) is 16.9 Å². The van der Waals surface area contributed by atoms with Gasteiger partial charge in [0.1, 0.15) is 17.0 Å². The minimum atomic E-state index is -1.25. The molecule has 0 saturated carbocycles. The molecule has 1 aromatic heterocycles. The smallest absolute Gasteiger partial charge is 0.329 e. The quantitative estimate of drug-likeness (QED) is 0.442. The van der Waals surface area contributed by atoms with Crippen LogP contribution in [0.1, 0.15) is 12.5 Å².